The molecular formula is C18H22N2O2. The summed E-state index contributed by atoms with van der Waals surface area (Å²) in [6.45, 7) is 4.22. The molecule has 4 nitrogen and oxygen atoms in total. The van der Waals surface area contributed by atoms with Crippen molar-refractivity contribution < 1.29 is 9.21 Å². The first-order valence-corrected chi connectivity index (χ1v) is 7.84. The van der Waals surface area contributed by atoms with E-state index in [2.05, 4.69) is 13.8 Å². The molecule has 0 aliphatic carbocycles. The van der Waals surface area contributed by atoms with Crippen LogP contribution in [0.1, 0.15) is 43.7 Å². The normalized spacial score (nSPS) is 21.8. The summed E-state index contributed by atoms with van der Waals surface area (Å²) in [5.74, 6) is 1.09. The molecule has 1 fully saturated rings. The van der Waals surface area contributed by atoms with Crippen LogP contribution >= 0.6 is 0 Å². The summed E-state index contributed by atoms with van der Waals surface area (Å²) in [4.78, 5) is 14.7. The minimum absolute atomic E-state index is 0.0126. The number of benzene rings is 1. The lowest BCUT2D eigenvalue weighted by molar-refractivity contribution is 0.0479. The van der Waals surface area contributed by atoms with Crippen LogP contribution in [0.15, 0.2) is 40.8 Å². The van der Waals surface area contributed by atoms with Crippen molar-refractivity contribution >= 4 is 11.6 Å². The second-order valence-electron chi connectivity index (χ2n) is 6.13. The number of carbonyl (C=O) groups excluding carboxylic acids is 1. The molecule has 3 rings (SSSR count). The zero-order valence-electron chi connectivity index (χ0n) is 13.1. The number of nitrogens with two attached hydrogens (primary N) is 1. The van der Waals surface area contributed by atoms with E-state index in [0.717, 1.165) is 18.4 Å². The van der Waals surface area contributed by atoms with E-state index in [9.17, 15) is 4.79 Å². The molecule has 2 N–H and O–H groups in total. The number of hydrogen-bond acceptors (Lipinski definition) is 3. The fourth-order valence-electron chi connectivity index (χ4n) is 3.20. The maximum absolute atomic E-state index is 12.7. The molecule has 0 bridgehead atoms. The first-order valence-electron chi connectivity index (χ1n) is 7.84. The van der Waals surface area contributed by atoms with E-state index in [-0.39, 0.29) is 18.0 Å². The van der Waals surface area contributed by atoms with Gasteiger partial charge in [-0.3, -0.25) is 4.79 Å². The van der Waals surface area contributed by atoms with Gasteiger partial charge in [-0.2, -0.15) is 0 Å². The first kappa shape index (κ1) is 14.7. The molecule has 1 aliphatic rings. The highest BCUT2D eigenvalue weighted by Gasteiger charge is 2.31. The van der Waals surface area contributed by atoms with Crippen LogP contribution in [-0.4, -0.2) is 22.9 Å². The first-order chi connectivity index (χ1) is 10.6. The van der Waals surface area contributed by atoms with Gasteiger partial charge in [0, 0.05) is 23.3 Å². The van der Waals surface area contributed by atoms with Gasteiger partial charge >= 0.3 is 0 Å². The summed E-state index contributed by atoms with van der Waals surface area (Å²) in [6.07, 6.45) is 3.30. The minimum Gasteiger partial charge on any atom is -0.451 e. The Bertz CT molecular complexity index is 650. The predicted molar refractivity (Wildman–Crippen MR) is 87.5 cm³/mol. The fraction of sp³-hybridized carbons (Fsp3) is 0.389. The minimum atomic E-state index is -0.0126. The summed E-state index contributed by atoms with van der Waals surface area (Å²) in [5.41, 5.74) is 7.33. The number of furan rings is 1. The number of carbonyl (C=O) groups is 1. The average Bonchev–Trinajstić information content (AvgIpc) is 2.97. The van der Waals surface area contributed by atoms with Crippen LogP contribution in [0, 0.1) is 0 Å². The van der Waals surface area contributed by atoms with Crippen molar-refractivity contribution in [3.05, 3.63) is 42.2 Å². The van der Waals surface area contributed by atoms with Gasteiger partial charge in [-0.1, -0.05) is 0 Å². The summed E-state index contributed by atoms with van der Waals surface area (Å²) >= 11 is 0. The van der Waals surface area contributed by atoms with Gasteiger partial charge in [0.2, 0.25) is 0 Å². The summed E-state index contributed by atoms with van der Waals surface area (Å²) in [7, 11) is 0. The van der Waals surface area contributed by atoms with Crippen LogP contribution in [0.5, 0.6) is 0 Å². The van der Waals surface area contributed by atoms with Crippen LogP contribution in [0.3, 0.4) is 0 Å². The number of anilines is 1. The van der Waals surface area contributed by atoms with E-state index >= 15 is 0 Å². The molecule has 0 spiro atoms. The van der Waals surface area contributed by atoms with E-state index in [0.29, 0.717) is 17.2 Å². The molecule has 116 valence electrons. The quantitative estimate of drug-likeness (QED) is 0.854. The van der Waals surface area contributed by atoms with E-state index < -0.39 is 0 Å². The highest BCUT2D eigenvalue weighted by Crippen LogP contribution is 2.28. The Morgan fingerprint density at radius 2 is 1.73 bits per heavy atom. The second-order valence-corrected chi connectivity index (χ2v) is 6.13. The second kappa shape index (κ2) is 5.87. The molecule has 1 aromatic carbocycles. The maximum Gasteiger partial charge on any atom is 0.290 e. The number of rotatable bonds is 2. The van der Waals surface area contributed by atoms with Gasteiger partial charge in [-0.05, 0) is 69.5 Å². The Kier molecular flexibility index (Phi) is 3.92. The molecule has 1 amide bonds. The molecule has 0 radical (unpaired) electrons. The zero-order valence-corrected chi connectivity index (χ0v) is 13.1. The lowest BCUT2D eigenvalue weighted by Crippen LogP contribution is -2.47. The topological polar surface area (TPSA) is 59.5 Å². The van der Waals surface area contributed by atoms with Gasteiger partial charge < -0.3 is 15.1 Å². The van der Waals surface area contributed by atoms with E-state index in [4.69, 9.17) is 10.2 Å². The monoisotopic (exact) mass is 298 g/mol. The average molecular weight is 298 g/mol. The number of nitrogen functional groups attached to an aromatic ring is 1. The van der Waals surface area contributed by atoms with Crippen molar-refractivity contribution in [1.82, 2.24) is 4.90 Å². The molecule has 1 aliphatic heterocycles. The molecule has 2 heterocycles. The number of nitrogens with zero attached hydrogens (tertiary/aromatic N) is 1. The Morgan fingerprint density at radius 1 is 1.09 bits per heavy atom. The smallest absolute Gasteiger partial charge is 0.290 e. The Morgan fingerprint density at radius 3 is 2.36 bits per heavy atom. The third kappa shape index (κ3) is 2.73. The van der Waals surface area contributed by atoms with E-state index in [1.807, 2.05) is 35.2 Å². The largest absolute Gasteiger partial charge is 0.451 e. The van der Waals surface area contributed by atoms with Crippen molar-refractivity contribution in [2.45, 2.75) is 45.2 Å². The molecule has 2 unspecified atom stereocenters. The van der Waals surface area contributed by atoms with Crippen molar-refractivity contribution in [1.29, 1.82) is 0 Å². The van der Waals surface area contributed by atoms with Gasteiger partial charge in [-0.15, -0.1) is 0 Å². The number of likely N-dealkylation sites (tertiary alicyclic amines) is 1. The maximum atomic E-state index is 12.7. The highest BCUT2D eigenvalue weighted by atomic mass is 16.4. The predicted octanol–water partition coefficient (Wildman–Crippen LogP) is 3.93. The van der Waals surface area contributed by atoms with Crippen LogP contribution < -0.4 is 5.73 Å². The molecule has 4 heteroatoms. The Hall–Kier alpha value is -2.23. The third-order valence-electron chi connectivity index (χ3n) is 4.44. The molecule has 0 saturated carbocycles. The number of hydrogen-bond donors (Lipinski definition) is 1. The Balaban J connectivity index is 1.83. The molecule has 1 saturated heterocycles. The van der Waals surface area contributed by atoms with Crippen LogP contribution in [0.4, 0.5) is 5.69 Å². The van der Waals surface area contributed by atoms with Crippen molar-refractivity contribution in [3.8, 4) is 11.3 Å². The molecule has 22 heavy (non-hydrogen) atoms. The van der Waals surface area contributed by atoms with Crippen molar-refractivity contribution in [3.63, 3.8) is 0 Å². The third-order valence-corrected chi connectivity index (χ3v) is 4.44. The van der Waals surface area contributed by atoms with Crippen molar-refractivity contribution in [2.24, 2.45) is 0 Å². The molecule has 1 aromatic heterocycles. The van der Waals surface area contributed by atoms with Gasteiger partial charge in [0.25, 0.3) is 5.91 Å². The standard InChI is InChI=1S/C18H22N2O2/c1-12-4-3-5-13(2)20(12)18(21)17-11-10-16(22-17)14-6-8-15(19)9-7-14/h6-13H,3-5,19H2,1-2H3. The van der Waals surface area contributed by atoms with E-state index in [1.165, 1.54) is 6.42 Å². The Labute approximate surface area is 130 Å². The highest BCUT2D eigenvalue weighted by molar-refractivity contribution is 5.92. The SMILES string of the molecule is CC1CCCC(C)N1C(=O)c1ccc(-c2ccc(N)cc2)o1. The van der Waals surface area contributed by atoms with Gasteiger partial charge in [0.15, 0.2) is 5.76 Å². The van der Waals surface area contributed by atoms with E-state index in [1.54, 1.807) is 6.07 Å². The summed E-state index contributed by atoms with van der Waals surface area (Å²) in [5, 5.41) is 0. The summed E-state index contributed by atoms with van der Waals surface area (Å²) < 4.78 is 5.79. The van der Waals surface area contributed by atoms with Gasteiger partial charge in [0.1, 0.15) is 5.76 Å². The zero-order chi connectivity index (χ0) is 15.7. The molecule has 2 aromatic rings. The number of piperidine rings is 1. The number of amides is 1. The summed E-state index contributed by atoms with van der Waals surface area (Å²) in [6, 6.07) is 11.6. The lowest BCUT2D eigenvalue weighted by atomic mass is 9.97. The van der Waals surface area contributed by atoms with Crippen molar-refractivity contribution in [2.75, 3.05) is 5.73 Å². The molecular weight excluding hydrogens is 276 g/mol. The van der Waals surface area contributed by atoms with Gasteiger partial charge in [-0.25, -0.2) is 0 Å². The molecule has 2 atom stereocenters. The lowest BCUT2D eigenvalue weighted by Gasteiger charge is -2.38. The van der Waals surface area contributed by atoms with Crippen LogP contribution in [-0.2, 0) is 0 Å². The van der Waals surface area contributed by atoms with Crippen LogP contribution in [0.2, 0.25) is 0 Å². The van der Waals surface area contributed by atoms with Crippen LogP contribution in [0.25, 0.3) is 11.3 Å². The van der Waals surface area contributed by atoms with Gasteiger partial charge in [0.05, 0.1) is 0 Å². The fourth-order valence-corrected chi connectivity index (χ4v) is 3.20.